The van der Waals surface area contributed by atoms with Gasteiger partial charge in [0.1, 0.15) is 0 Å². The van der Waals surface area contributed by atoms with E-state index in [-0.39, 0.29) is 0 Å². The summed E-state index contributed by atoms with van der Waals surface area (Å²) in [4.78, 5) is 0. The van der Waals surface area contributed by atoms with Gasteiger partial charge in [0.25, 0.3) is 0 Å². The first kappa shape index (κ1) is 9.96. The van der Waals surface area contributed by atoms with E-state index >= 15 is 0 Å². The highest BCUT2D eigenvalue weighted by Crippen LogP contribution is 2.15. The Morgan fingerprint density at radius 2 is 1.83 bits per heavy atom. The van der Waals surface area contributed by atoms with Crippen molar-refractivity contribution in [3.05, 3.63) is 0 Å². The zero-order chi connectivity index (χ0) is 8.86. The molecule has 3 nitrogen and oxygen atoms in total. The third kappa shape index (κ3) is 3.09. The fraction of sp³-hybridized carbons (Fsp3) is 1.00. The number of likely N-dealkylation sites (tertiary alicyclic amines) is 1. The fourth-order valence-corrected chi connectivity index (χ4v) is 1.66. The smallest absolute Gasteiger partial charge is 0.183 e. The predicted octanol–water partition coefficient (Wildman–Crippen LogP) is 0.847. The van der Waals surface area contributed by atoms with Gasteiger partial charge in [-0.25, -0.2) is 0 Å². The minimum Gasteiger partial charge on any atom is -0.382 e. The molecular weight excluding hydrogens is 154 g/mol. The molecule has 3 heteroatoms. The molecule has 0 atom stereocenters. The van der Waals surface area contributed by atoms with Gasteiger partial charge in [-0.3, -0.25) is 0 Å². The minimum atomic E-state index is 0.708. The molecule has 72 valence electrons. The summed E-state index contributed by atoms with van der Waals surface area (Å²) >= 11 is 0. The summed E-state index contributed by atoms with van der Waals surface area (Å²) in [6.45, 7) is 4.83. The summed E-state index contributed by atoms with van der Waals surface area (Å²) in [6.07, 6.45) is 2.70. The molecule has 1 fully saturated rings. The first-order chi connectivity index (χ1) is 5.77. The van der Waals surface area contributed by atoms with Gasteiger partial charge in [0.15, 0.2) is 6.73 Å². The van der Waals surface area contributed by atoms with Crippen molar-refractivity contribution in [3.63, 3.8) is 0 Å². The van der Waals surface area contributed by atoms with Crippen LogP contribution in [0, 0.1) is 0 Å². The van der Waals surface area contributed by atoms with Crippen molar-refractivity contribution < 1.29 is 14.0 Å². The number of hydrogen-bond donors (Lipinski definition) is 0. The van der Waals surface area contributed by atoms with Gasteiger partial charge in [0.2, 0.25) is 0 Å². The van der Waals surface area contributed by atoms with Crippen LogP contribution in [0.15, 0.2) is 0 Å². The van der Waals surface area contributed by atoms with E-state index < -0.39 is 0 Å². The number of ether oxygens (including phenoxy) is 2. The summed E-state index contributed by atoms with van der Waals surface area (Å²) in [5.74, 6) is 0. The third-order valence-corrected chi connectivity index (χ3v) is 2.48. The van der Waals surface area contributed by atoms with Crippen molar-refractivity contribution >= 4 is 0 Å². The SMILES string of the molecule is COCCOC[N+]1(C)CCCC1. The quantitative estimate of drug-likeness (QED) is 0.454. The van der Waals surface area contributed by atoms with Gasteiger partial charge in [0.05, 0.1) is 33.4 Å². The Kier molecular flexibility index (Phi) is 3.98. The molecule has 0 aromatic rings. The fourth-order valence-electron chi connectivity index (χ4n) is 1.66. The van der Waals surface area contributed by atoms with Gasteiger partial charge < -0.3 is 14.0 Å². The normalized spacial score (nSPS) is 21.5. The molecule has 0 saturated carbocycles. The minimum absolute atomic E-state index is 0.708. The highest BCUT2D eigenvalue weighted by atomic mass is 16.5. The van der Waals surface area contributed by atoms with Crippen LogP contribution < -0.4 is 0 Å². The van der Waals surface area contributed by atoms with E-state index in [0.29, 0.717) is 6.61 Å². The van der Waals surface area contributed by atoms with Crippen LogP contribution in [0.2, 0.25) is 0 Å². The molecule has 1 aliphatic heterocycles. The van der Waals surface area contributed by atoms with Gasteiger partial charge in [-0.1, -0.05) is 0 Å². The van der Waals surface area contributed by atoms with Crippen LogP contribution in [0.1, 0.15) is 12.8 Å². The maximum Gasteiger partial charge on any atom is 0.183 e. The van der Waals surface area contributed by atoms with Crippen LogP contribution in [0.25, 0.3) is 0 Å². The number of quaternary nitrogens is 1. The summed E-state index contributed by atoms with van der Waals surface area (Å²) < 4.78 is 11.5. The zero-order valence-corrected chi connectivity index (χ0v) is 8.21. The summed E-state index contributed by atoms with van der Waals surface area (Å²) in [6, 6.07) is 0. The Balaban J connectivity index is 2.05. The lowest BCUT2D eigenvalue weighted by molar-refractivity contribution is -0.916. The zero-order valence-electron chi connectivity index (χ0n) is 8.21. The topological polar surface area (TPSA) is 18.5 Å². The Morgan fingerprint density at radius 3 is 2.42 bits per heavy atom. The van der Waals surface area contributed by atoms with Crippen molar-refractivity contribution in [1.29, 1.82) is 0 Å². The van der Waals surface area contributed by atoms with Crippen molar-refractivity contribution in [2.24, 2.45) is 0 Å². The summed E-state index contributed by atoms with van der Waals surface area (Å²) in [7, 11) is 3.97. The van der Waals surface area contributed by atoms with Crippen LogP contribution in [-0.4, -0.2) is 51.7 Å². The van der Waals surface area contributed by atoms with E-state index in [1.807, 2.05) is 0 Å². The molecule has 0 radical (unpaired) electrons. The van der Waals surface area contributed by atoms with E-state index in [4.69, 9.17) is 9.47 Å². The van der Waals surface area contributed by atoms with Crippen molar-refractivity contribution in [2.75, 3.05) is 47.2 Å². The van der Waals surface area contributed by atoms with Crippen molar-refractivity contribution in [1.82, 2.24) is 0 Å². The van der Waals surface area contributed by atoms with Crippen LogP contribution in [0.4, 0.5) is 0 Å². The van der Waals surface area contributed by atoms with Crippen LogP contribution >= 0.6 is 0 Å². The van der Waals surface area contributed by atoms with Gasteiger partial charge in [-0.15, -0.1) is 0 Å². The number of hydrogen-bond acceptors (Lipinski definition) is 2. The molecular formula is C9H20NO2+. The Labute approximate surface area is 74.8 Å². The van der Waals surface area contributed by atoms with Crippen LogP contribution in [-0.2, 0) is 9.47 Å². The summed E-state index contributed by atoms with van der Waals surface area (Å²) in [5.41, 5.74) is 0. The lowest BCUT2D eigenvalue weighted by atomic mass is 10.4. The molecule has 0 amide bonds. The van der Waals surface area contributed by atoms with E-state index in [1.165, 1.54) is 25.9 Å². The Bertz CT molecular complexity index is 122. The molecule has 1 saturated heterocycles. The van der Waals surface area contributed by atoms with Gasteiger partial charge in [-0.05, 0) is 0 Å². The second-order valence-electron chi connectivity index (χ2n) is 3.80. The monoisotopic (exact) mass is 174 g/mol. The van der Waals surface area contributed by atoms with Crippen molar-refractivity contribution in [3.8, 4) is 0 Å². The molecule has 1 rings (SSSR count). The van der Waals surface area contributed by atoms with Gasteiger partial charge in [0, 0.05) is 20.0 Å². The molecule has 0 bridgehead atoms. The second-order valence-corrected chi connectivity index (χ2v) is 3.80. The maximum absolute atomic E-state index is 5.51. The average Bonchev–Trinajstić information content (AvgIpc) is 2.47. The summed E-state index contributed by atoms with van der Waals surface area (Å²) in [5, 5.41) is 0. The first-order valence-electron chi connectivity index (χ1n) is 4.67. The van der Waals surface area contributed by atoms with E-state index in [0.717, 1.165) is 17.8 Å². The molecule has 0 aliphatic carbocycles. The predicted molar refractivity (Wildman–Crippen MR) is 47.8 cm³/mol. The molecule has 0 N–H and O–H groups in total. The van der Waals surface area contributed by atoms with Crippen LogP contribution in [0.5, 0.6) is 0 Å². The van der Waals surface area contributed by atoms with Crippen LogP contribution in [0.3, 0.4) is 0 Å². The molecule has 0 unspecified atom stereocenters. The van der Waals surface area contributed by atoms with Gasteiger partial charge >= 0.3 is 0 Å². The van der Waals surface area contributed by atoms with E-state index in [1.54, 1.807) is 7.11 Å². The Hall–Kier alpha value is -0.120. The molecule has 0 aromatic carbocycles. The van der Waals surface area contributed by atoms with Gasteiger partial charge in [-0.2, -0.15) is 0 Å². The maximum atomic E-state index is 5.51. The highest BCUT2D eigenvalue weighted by Gasteiger charge is 2.26. The molecule has 1 aliphatic rings. The highest BCUT2D eigenvalue weighted by molar-refractivity contribution is 4.48. The molecule has 1 heterocycles. The number of nitrogens with zero attached hydrogens (tertiary/aromatic N) is 1. The Morgan fingerprint density at radius 1 is 1.17 bits per heavy atom. The number of rotatable bonds is 5. The lowest BCUT2D eigenvalue weighted by Gasteiger charge is -2.28. The largest absolute Gasteiger partial charge is 0.382 e. The lowest BCUT2D eigenvalue weighted by Crippen LogP contribution is -2.42. The average molecular weight is 174 g/mol. The third-order valence-electron chi connectivity index (χ3n) is 2.48. The first-order valence-corrected chi connectivity index (χ1v) is 4.67. The molecule has 12 heavy (non-hydrogen) atoms. The molecule has 0 aromatic heterocycles. The van der Waals surface area contributed by atoms with Crippen molar-refractivity contribution in [2.45, 2.75) is 12.8 Å². The molecule has 0 spiro atoms. The van der Waals surface area contributed by atoms with E-state index in [2.05, 4.69) is 7.05 Å². The van der Waals surface area contributed by atoms with E-state index in [9.17, 15) is 0 Å². The second kappa shape index (κ2) is 4.80. The standard InChI is InChI=1S/C9H20NO2/c1-10(5-3-4-6-10)9-12-8-7-11-2/h3-9H2,1-2H3/q+1. The number of methoxy groups -OCH3 is 1.